The Morgan fingerprint density at radius 3 is 0.780 bits per heavy atom. The molecule has 0 aliphatic rings. The zero-order valence-corrected chi connectivity index (χ0v) is 27.1. The topological polar surface area (TPSA) is 262 Å². The molecule has 0 spiro atoms. The second-order valence-corrected chi connectivity index (χ2v) is 12.7. The van der Waals surface area contributed by atoms with Crippen LogP contribution in [0.4, 0.5) is 22.7 Å². The average molecular weight is 734 g/mol. The molecule has 0 saturated carbocycles. The minimum absolute atomic E-state index is 0.0757. The molecule has 0 bridgehead atoms. The van der Waals surface area contributed by atoms with Crippen molar-refractivity contribution in [2.24, 2.45) is 0 Å². The molecule has 4 aromatic rings. The molecule has 262 valence electrons. The van der Waals surface area contributed by atoms with Gasteiger partial charge in [-0.25, -0.2) is 9.13 Å². The standard InChI is InChI=1S/C28H24N4O16P2/c33-29(34)21-3-11-25(12-4-21)45-49(41,46-26-13-5-22(6-14-26)30(35)36)43-19-1-2-20-44-50(42,47-27-15-7-23(8-16-27)31(37)38)48-28-17-9-24(10-18-28)32(39)40/h3-18H,1-2,19-20H2. The van der Waals surface area contributed by atoms with E-state index in [9.17, 15) is 49.6 Å². The van der Waals surface area contributed by atoms with Gasteiger partial charge in [-0.15, -0.1) is 0 Å². The monoisotopic (exact) mass is 734 g/mol. The highest BCUT2D eigenvalue weighted by Gasteiger charge is 2.33. The van der Waals surface area contributed by atoms with Crippen LogP contribution < -0.4 is 18.1 Å². The number of rotatable bonds is 19. The van der Waals surface area contributed by atoms with Crippen LogP contribution in [0.5, 0.6) is 23.0 Å². The van der Waals surface area contributed by atoms with Crippen LogP contribution in [0.1, 0.15) is 12.8 Å². The lowest BCUT2D eigenvalue weighted by molar-refractivity contribution is -0.385. The van der Waals surface area contributed by atoms with Crippen LogP contribution in [0.25, 0.3) is 0 Å². The number of hydrogen-bond donors (Lipinski definition) is 0. The van der Waals surface area contributed by atoms with Crippen molar-refractivity contribution < 1.29 is 56.0 Å². The number of non-ortho nitro benzene ring substituents is 4. The Labute approximate surface area is 280 Å². The Hall–Kier alpha value is -5.94. The van der Waals surface area contributed by atoms with Gasteiger partial charge >= 0.3 is 15.6 Å². The molecule has 0 unspecified atom stereocenters. The van der Waals surface area contributed by atoms with Crippen LogP contribution in [0.2, 0.25) is 0 Å². The van der Waals surface area contributed by atoms with Crippen molar-refractivity contribution >= 4 is 38.4 Å². The van der Waals surface area contributed by atoms with Crippen molar-refractivity contribution in [2.45, 2.75) is 12.8 Å². The quantitative estimate of drug-likeness (QED) is 0.0382. The number of nitro benzene ring substituents is 4. The van der Waals surface area contributed by atoms with Crippen molar-refractivity contribution in [3.8, 4) is 23.0 Å². The van der Waals surface area contributed by atoms with Crippen LogP contribution >= 0.6 is 15.6 Å². The van der Waals surface area contributed by atoms with E-state index in [1.54, 1.807) is 0 Å². The molecule has 0 amide bonds. The predicted octanol–water partition coefficient (Wildman–Crippen LogP) is 7.96. The maximum absolute atomic E-state index is 13.6. The van der Waals surface area contributed by atoms with Crippen LogP contribution in [-0.2, 0) is 18.2 Å². The Balaban J connectivity index is 1.41. The number of phosphoric ester groups is 2. The van der Waals surface area contributed by atoms with Gasteiger partial charge in [0.25, 0.3) is 22.7 Å². The average Bonchev–Trinajstić information content (AvgIpc) is 3.07. The van der Waals surface area contributed by atoms with Crippen LogP contribution in [0.15, 0.2) is 97.1 Å². The van der Waals surface area contributed by atoms with E-state index in [2.05, 4.69) is 0 Å². The Kier molecular flexibility index (Phi) is 12.1. The smallest absolute Gasteiger partial charge is 0.395 e. The molecule has 0 aliphatic carbocycles. The fourth-order valence-corrected chi connectivity index (χ4v) is 6.24. The van der Waals surface area contributed by atoms with Crippen molar-refractivity contribution in [2.75, 3.05) is 13.2 Å². The first-order valence-electron chi connectivity index (χ1n) is 14.0. The lowest BCUT2D eigenvalue weighted by atomic mass is 10.3. The molecule has 50 heavy (non-hydrogen) atoms. The lowest BCUT2D eigenvalue weighted by Gasteiger charge is -2.20. The summed E-state index contributed by atoms with van der Waals surface area (Å²) in [5.74, 6) is -0.456. The third-order valence-electron chi connectivity index (χ3n) is 6.10. The molecule has 0 fully saturated rings. The first-order chi connectivity index (χ1) is 23.7. The van der Waals surface area contributed by atoms with E-state index >= 15 is 0 Å². The van der Waals surface area contributed by atoms with Crippen molar-refractivity contribution in [3.63, 3.8) is 0 Å². The lowest BCUT2D eigenvalue weighted by Crippen LogP contribution is -2.08. The minimum atomic E-state index is -4.52. The van der Waals surface area contributed by atoms with Gasteiger partial charge in [0.15, 0.2) is 0 Å². The highest BCUT2D eigenvalue weighted by molar-refractivity contribution is 7.49. The molecule has 4 aromatic carbocycles. The molecule has 0 aromatic heterocycles. The molecule has 0 heterocycles. The molecule has 0 radical (unpaired) electrons. The number of hydrogen-bond acceptors (Lipinski definition) is 16. The third-order valence-corrected chi connectivity index (χ3v) is 8.83. The fraction of sp³-hybridized carbons (Fsp3) is 0.143. The second kappa shape index (κ2) is 16.4. The van der Waals surface area contributed by atoms with E-state index in [1.165, 1.54) is 0 Å². The van der Waals surface area contributed by atoms with Gasteiger partial charge in [-0.05, 0) is 61.4 Å². The van der Waals surface area contributed by atoms with Crippen molar-refractivity contribution in [1.82, 2.24) is 0 Å². The summed E-state index contributed by atoms with van der Waals surface area (Å²) in [6.45, 7) is -0.616. The van der Waals surface area contributed by atoms with Crippen LogP contribution in [0.3, 0.4) is 0 Å². The van der Waals surface area contributed by atoms with E-state index in [0.717, 1.165) is 97.1 Å². The van der Waals surface area contributed by atoms with Gasteiger partial charge in [0.1, 0.15) is 23.0 Å². The van der Waals surface area contributed by atoms with Crippen LogP contribution in [-0.4, -0.2) is 32.9 Å². The summed E-state index contributed by atoms with van der Waals surface area (Å²) < 4.78 is 59.7. The summed E-state index contributed by atoms with van der Waals surface area (Å²) in [7, 11) is -9.03. The zero-order chi connectivity index (χ0) is 36.3. The summed E-state index contributed by atoms with van der Waals surface area (Å²) in [6, 6.07) is 18.1. The third kappa shape index (κ3) is 10.8. The first kappa shape index (κ1) is 36.9. The number of phosphoric acid groups is 2. The number of nitro groups is 4. The molecule has 4 rings (SSSR count). The van der Waals surface area contributed by atoms with Gasteiger partial charge in [-0.2, -0.15) is 0 Å². The second-order valence-electron chi connectivity index (χ2n) is 9.64. The number of benzene rings is 4. The SMILES string of the molecule is O=[N+]([O-])c1ccc(OP(=O)(OCCCCOP(=O)(Oc2ccc([N+](=O)[O-])cc2)Oc2ccc([N+](=O)[O-])cc2)Oc2ccc([N+](=O)[O-])cc2)cc1. The Morgan fingerprint density at radius 1 is 0.400 bits per heavy atom. The molecular weight excluding hydrogens is 710 g/mol. The summed E-state index contributed by atoms with van der Waals surface area (Å²) in [6.07, 6.45) is 0.151. The Bertz CT molecular complexity index is 1660. The minimum Gasteiger partial charge on any atom is -0.395 e. The summed E-state index contributed by atoms with van der Waals surface area (Å²) in [5.41, 5.74) is -1.07. The van der Waals surface area contributed by atoms with Crippen molar-refractivity contribution in [3.05, 3.63) is 138 Å². The molecule has 22 heteroatoms. The largest absolute Gasteiger partial charge is 0.587 e. The molecule has 20 nitrogen and oxygen atoms in total. The Morgan fingerprint density at radius 2 is 0.600 bits per heavy atom. The van der Waals surface area contributed by atoms with E-state index in [1.807, 2.05) is 0 Å². The highest BCUT2D eigenvalue weighted by atomic mass is 31.2. The van der Waals surface area contributed by atoms with Crippen LogP contribution in [0, 0.1) is 40.5 Å². The molecule has 0 aliphatic heterocycles. The maximum Gasteiger partial charge on any atom is 0.587 e. The predicted molar refractivity (Wildman–Crippen MR) is 171 cm³/mol. The number of unbranched alkanes of at least 4 members (excludes halogenated alkanes) is 1. The maximum atomic E-state index is 13.6. The van der Waals surface area contributed by atoms with E-state index in [4.69, 9.17) is 27.1 Å². The van der Waals surface area contributed by atoms with E-state index in [-0.39, 0.29) is 71.8 Å². The first-order valence-corrected chi connectivity index (χ1v) is 16.9. The van der Waals surface area contributed by atoms with Gasteiger partial charge in [-0.1, -0.05) is 0 Å². The van der Waals surface area contributed by atoms with Gasteiger partial charge < -0.3 is 18.1 Å². The molecular formula is C28H24N4O16P2. The van der Waals surface area contributed by atoms with E-state index < -0.39 is 35.3 Å². The molecule has 0 N–H and O–H groups in total. The van der Waals surface area contributed by atoms with Gasteiger partial charge in [0.2, 0.25) is 0 Å². The normalized spacial score (nSPS) is 11.3. The molecule has 0 atom stereocenters. The van der Waals surface area contributed by atoms with E-state index in [0.29, 0.717) is 0 Å². The summed E-state index contributed by atoms with van der Waals surface area (Å²) >= 11 is 0. The van der Waals surface area contributed by atoms with Gasteiger partial charge in [-0.3, -0.25) is 49.5 Å². The van der Waals surface area contributed by atoms with Crippen molar-refractivity contribution in [1.29, 1.82) is 0 Å². The number of nitrogens with zero attached hydrogens (tertiary/aromatic N) is 4. The highest BCUT2D eigenvalue weighted by Crippen LogP contribution is 2.51. The summed E-state index contributed by atoms with van der Waals surface area (Å²) in [5, 5.41) is 43.9. The van der Waals surface area contributed by atoms with Gasteiger partial charge in [0.05, 0.1) is 32.9 Å². The zero-order valence-electron chi connectivity index (χ0n) is 25.3. The van der Waals surface area contributed by atoms with Gasteiger partial charge in [0, 0.05) is 48.5 Å². The summed E-state index contributed by atoms with van der Waals surface area (Å²) in [4.78, 5) is 41.3. The molecule has 0 saturated heterocycles. The fourth-order valence-electron chi connectivity index (χ4n) is 3.73.